The highest BCUT2D eigenvalue weighted by molar-refractivity contribution is 7.92. The lowest BCUT2D eigenvalue weighted by molar-refractivity contribution is -0.0371. The molecule has 2 aliphatic rings. The van der Waals surface area contributed by atoms with E-state index in [1.807, 2.05) is 60.0 Å². The molecule has 4 heterocycles. The predicted molar refractivity (Wildman–Crippen MR) is 164 cm³/mol. The van der Waals surface area contributed by atoms with Gasteiger partial charge in [-0.15, -0.1) is 0 Å². The zero-order valence-corrected chi connectivity index (χ0v) is 25.4. The van der Waals surface area contributed by atoms with Crippen LogP contribution < -0.4 is 4.74 Å². The summed E-state index contributed by atoms with van der Waals surface area (Å²) in [7, 11) is -2.22. The molecule has 0 spiro atoms. The SMILES string of the molecule is CC[C@H]1OC[C@@H](Oc2nc3cc(Cl)c(-c4ccc(-c5ccc(N=S(C)(C)=O)cc5)cc4)nc3n2C2CCCCO2)[C@H]1F. The molecule has 1 unspecified atom stereocenters. The number of alkyl halides is 1. The highest BCUT2D eigenvalue weighted by Gasteiger charge is 2.39. The average Bonchev–Trinajstić information content (AvgIpc) is 3.51. The highest BCUT2D eigenvalue weighted by atomic mass is 35.5. The van der Waals surface area contributed by atoms with Gasteiger partial charge < -0.3 is 14.2 Å². The minimum Gasteiger partial charge on any atom is -0.456 e. The van der Waals surface area contributed by atoms with E-state index in [0.717, 1.165) is 36.0 Å². The van der Waals surface area contributed by atoms with Crippen LogP contribution in [-0.4, -0.2) is 62.8 Å². The molecule has 0 amide bonds. The van der Waals surface area contributed by atoms with E-state index in [9.17, 15) is 8.60 Å². The lowest BCUT2D eigenvalue weighted by Crippen LogP contribution is -2.32. The van der Waals surface area contributed by atoms with Gasteiger partial charge in [0.05, 0.1) is 29.1 Å². The van der Waals surface area contributed by atoms with Gasteiger partial charge in [-0.1, -0.05) is 54.9 Å². The van der Waals surface area contributed by atoms with Crippen LogP contribution in [0.2, 0.25) is 5.02 Å². The van der Waals surface area contributed by atoms with Crippen molar-refractivity contribution in [2.45, 2.75) is 57.2 Å². The van der Waals surface area contributed by atoms with E-state index in [1.54, 1.807) is 18.6 Å². The molecular formula is C31H34ClFN4O4S. The van der Waals surface area contributed by atoms with E-state index in [2.05, 4.69) is 9.35 Å². The molecule has 0 aliphatic carbocycles. The van der Waals surface area contributed by atoms with Gasteiger partial charge in [-0.05, 0) is 55.0 Å². The van der Waals surface area contributed by atoms with Crippen LogP contribution in [0.4, 0.5) is 10.1 Å². The molecule has 4 atom stereocenters. The molecule has 0 N–H and O–H groups in total. The first-order valence-electron chi connectivity index (χ1n) is 14.2. The summed E-state index contributed by atoms with van der Waals surface area (Å²) in [5.74, 6) is 0. The van der Waals surface area contributed by atoms with Crippen LogP contribution in [0.15, 0.2) is 59.0 Å². The van der Waals surface area contributed by atoms with Crippen molar-refractivity contribution in [3.63, 3.8) is 0 Å². The van der Waals surface area contributed by atoms with Gasteiger partial charge in [0.1, 0.15) is 11.7 Å². The Kier molecular flexibility index (Phi) is 8.24. The minimum atomic E-state index is -2.22. The molecule has 0 radical (unpaired) electrons. The number of hydrogen-bond donors (Lipinski definition) is 0. The van der Waals surface area contributed by atoms with Crippen molar-refractivity contribution in [1.29, 1.82) is 0 Å². The number of ether oxygens (including phenoxy) is 3. The molecule has 2 fully saturated rings. The second-order valence-electron chi connectivity index (χ2n) is 11.0. The maximum absolute atomic E-state index is 15.0. The Morgan fingerprint density at radius 1 is 1.05 bits per heavy atom. The molecule has 0 bridgehead atoms. The Labute approximate surface area is 250 Å². The van der Waals surface area contributed by atoms with Crippen LogP contribution in [0.3, 0.4) is 0 Å². The predicted octanol–water partition coefficient (Wildman–Crippen LogP) is 7.37. The monoisotopic (exact) mass is 612 g/mol. The molecule has 2 saturated heterocycles. The standard InChI is InChI=1S/C31H34ClFN4O4S/c1-4-25-28(33)26(18-40-25)41-31-34-24-17-23(32)29(35-30(24)37(31)27-7-5-6-16-39-27)21-10-8-19(9-11-21)20-12-14-22(15-13-20)36-42(2,3)38/h8-15,17,25-28H,4-7,16,18H2,1-3H3/t25-,26-,27?,28+/m1/s1. The topological polar surface area (TPSA) is 87.8 Å². The molecule has 222 valence electrons. The quantitative estimate of drug-likeness (QED) is 0.216. The smallest absolute Gasteiger partial charge is 0.301 e. The Balaban J connectivity index is 1.34. The zero-order chi connectivity index (χ0) is 29.4. The fraction of sp³-hybridized carbons (Fsp3) is 0.419. The maximum Gasteiger partial charge on any atom is 0.301 e. The molecule has 2 aromatic heterocycles. The third kappa shape index (κ3) is 6.04. The van der Waals surface area contributed by atoms with Gasteiger partial charge in [0, 0.05) is 34.4 Å². The van der Waals surface area contributed by atoms with Crippen molar-refractivity contribution in [2.24, 2.45) is 4.36 Å². The summed E-state index contributed by atoms with van der Waals surface area (Å²) in [6, 6.07) is 17.6. The van der Waals surface area contributed by atoms with Gasteiger partial charge in [0.15, 0.2) is 17.9 Å². The van der Waals surface area contributed by atoms with Crippen LogP contribution in [0, 0.1) is 0 Å². The lowest BCUT2D eigenvalue weighted by Gasteiger charge is -2.26. The number of fused-ring (bicyclic) bond motifs is 1. The van der Waals surface area contributed by atoms with E-state index < -0.39 is 28.1 Å². The first-order valence-corrected chi connectivity index (χ1v) is 16.9. The fourth-order valence-electron chi connectivity index (χ4n) is 5.46. The molecular weight excluding hydrogens is 579 g/mol. The number of hydrogen-bond acceptors (Lipinski definition) is 7. The molecule has 11 heteroatoms. The third-order valence-electron chi connectivity index (χ3n) is 7.56. The lowest BCUT2D eigenvalue weighted by atomic mass is 10.0. The number of aromatic nitrogens is 3. The second kappa shape index (κ2) is 11.9. The maximum atomic E-state index is 15.0. The van der Waals surface area contributed by atoms with E-state index >= 15 is 0 Å². The Bertz CT molecular complexity index is 1690. The highest BCUT2D eigenvalue weighted by Crippen LogP contribution is 2.37. The number of rotatable bonds is 7. The van der Waals surface area contributed by atoms with E-state index in [-0.39, 0.29) is 18.8 Å². The van der Waals surface area contributed by atoms with Crippen molar-refractivity contribution in [3.05, 3.63) is 59.6 Å². The summed E-state index contributed by atoms with van der Waals surface area (Å²) in [5.41, 5.74) is 5.28. The third-order valence-corrected chi connectivity index (χ3v) is 8.50. The van der Waals surface area contributed by atoms with Crippen molar-refractivity contribution < 1.29 is 22.8 Å². The fourth-order valence-corrected chi connectivity index (χ4v) is 6.34. The van der Waals surface area contributed by atoms with Crippen LogP contribution >= 0.6 is 11.6 Å². The normalized spacial score (nSPS) is 22.9. The molecule has 42 heavy (non-hydrogen) atoms. The molecule has 2 aromatic carbocycles. The first-order chi connectivity index (χ1) is 20.2. The zero-order valence-electron chi connectivity index (χ0n) is 23.8. The summed E-state index contributed by atoms with van der Waals surface area (Å²) < 4.78 is 50.9. The number of nitrogens with zero attached hydrogens (tertiary/aromatic N) is 4. The second-order valence-corrected chi connectivity index (χ2v) is 14.0. The summed E-state index contributed by atoms with van der Waals surface area (Å²) in [4.78, 5) is 9.64. The number of pyridine rings is 1. The van der Waals surface area contributed by atoms with Crippen LogP contribution in [0.5, 0.6) is 6.01 Å². The minimum absolute atomic E-state index is 0.162. The van der Waals surface area contributed by atoms with Gasteiger partial charge in [-0.25, -0.2) is 13.6 Å². The Hall–Kier alpha value is -3.05. The van der Waals surface area contributed by atoms with Gasteiger partial charge in [0.2, 0.25) is 0 Å². The Morgan fingerprint density at radius 3 is 2.36 bits per heavy atom. The molecule has 8 nitrogen and oxygen atoms in total. The van der Waals surface area contributed by atoms with E-state index in [4.69, 9.17) is 30.8 Å². The summed E-state index contributed by atoms with van der Waals surface area (Å²) in [6.07, 6.45) is 3.74. The number of halogens is 2. The molecule has 4 aromatic rings. The molecule has 0 saturated carbocycles. The summed E-state index contributed by atoms with van der Waals surface area (Å²) >= 11 is 6.75. The first kappa shape index (κ1) is 29.0. The summed E-state index contributed by atoms with van der Waals surface area (Å²) in [6.45, 7) is 2.68. The average molecular weight is 613 g/mol. The van der Waals surface area contributed by atoms with Gasteiger partial charge in [-0.2, -0.15) is 9.35 Å². The number of benzene rings is 2. The summed E-state index contributed by atoms with van der Waals surface area (Å²) in [5, 5.41) is 0.448. The van der Waals surface area contributed by atoms with Gasteiger partial charge in [-0.3, -0.25) is 4.57 Å². The van der Waals surface area contributed by atoms with Gasteiger partial charge in [0.25, 0.3) is 0 Å². The molecule has 2 aliphatic heterocycles. The van der Waals surface area contributed by atoms with Crippen molar-refractivity contribution in [1.82, 2.24) is 14.5 Å². The van der Waals surface area contributed by atoms with Crippen LogP contribution in [0.1, 0.15) is 38.8 Å². The van der Waals surface area contributed by atoms with Crippen molar-refractivity contribution in [3.8, 4) is 28.4 Å². The van der Waals surface area contributed by atoms with Crippen LogP contribution in [-0.2, 0) is 19.2 Å². The van der Waals surface area contributed by atoms with E-state index in [0.29, 0.717) is 40.6 Å². The van der Waals surface area contributed by atoms with E-state index in [1.165, 1.54) is 0 Å². The number of imidazole rings is 1. The Morgan fingerprint density at radius 2 is 1.74 bits per heavy atom. The molecule has 6 rings (SSSR count). The van der Waals surface area contributed by atoms with Crippen LogP contribution in [0.25, 0.3) is 33.5 Å². The largest absolute Gasteiger partial charge is 0.456 e. The van der Waals surface area contributed by atoms with Crippen molar-refractivity contribution >= 4 is 38.2 Å². The van der Waals surface area contributed by atoms with Gasteiger partial charge >= 0.3 is 6.01 Å². The van der Waals surface area contributed by atoms with Crippen molar-refractivity contribution in [2.75, 3.05) is 25.7 Å².